The first-order valence-electron chi connectivity index (χ1n) is 9.99. The lowest BCUT2D eigenvalue weighted by atomic mass is 10.0. The molecule has 3 aromatic rings. The number of hydrogen-bond donors (Lipinski definition) is 1. The smallest absolute Gasteiger partial charge is 0.337 e. The summed E-state index contributed by atoms with van der Waals surface area (Å²) in [4.78, 5) is 39.6. The van der Waals surface area contributed by atoms with Crippen molar-refractivity contribution in [3.8, 4) is 0 Å². The van der Waals surface area contributed by atoms with Crippen LogP contribution in [0.15, 0.2) is 78.9 Å². The highest BCUT2D eigenvalue weighted by Gasteiger charge is 2.36. The number of carbonyl (C=O) groups excluding carboxylic acids is 3. The lowest BCUT2D eigenvalue weighted by Crippen LogP contribution is -2.45. The van der Waals surface area contributed by atoms with Crippen LogP contribution >= 0.6 is 0 Å². The van der Waals surface area contributed by atoms with Gasteiger partial charge in [0.2, 0.25) is 5.91 Å². The van der Waals surface area contributed by atoms with Gasteiger partial charge in [-0.2, -0.15) is 0 Å². The zero-order chi connectivity index (χ0) is 21.8. The predicted octanol–water partition coefficient (Wildman–Crippen LogP) is 3.68. The van der Waals surface area contributed by atoms with Crippen molar-refractivity contribution in [2.24, 2.45) is 0 Å². The van der Waals surface area contributed by atoms with Crippen molar-refractivity contribution in [2.45, 2.75) is 19.0 Å². The number of rotatable bonds is 6. The molecule has 3 aromatic carbocycles. The summed E-state index contributed by atoms with van der Waals surface area (Å²) in [5, 5.41) is 2.89. The summed E-state index contributed by atoms with van der Waals surface area (Å²) >= 11 is 0. The van der Waals surface area contributed by atoms with E-state index in [1.165, 1.54) is 7.11 Å². The highest BCUT2D eigenvalue weighted by molar-refractivity contribution is 6.03. The molecule has 1 aliphatic rings. The van der Waals surface area contributed by atoms with Gasteiger partial charge in [0.15, 0.2) is 0 Å². The minimum atomic E-state index is -0.678. The zero-order valence-corrected chi connectivity index (χ0v) is 17.1. The molecule has 1 aliphatic heterocycles. The van der Waals surface area contributed by atoms with Crippen LogP contribution in [0.3, 0.4) is 0 Å². The maximum Gasteiger partial charge on any atom is 0.337 e. The minimum absolute atomic E-state index is 0.146. The van der Waals surface area contributed by atoms with Crippen LogP contribution in [0.4, 0.5) is 5.69 Å². The average Bonchev–Trinajstić information content (AvgIpc) is 3.14. The molecular weight excluding hydrogens is 392 g/mol. The summed E-state index contributed by atoms with van der Waals surface area (Å²) < 4.78 is 4.70. The summed E-state index contributed by atoms with van der Waals surface area (Å²) in [7, 11) is 1.32. The van der Waals surface area contributed by atoms with E-state index in [-0.39, 0.29) is 11.8 Å². The van der Waals surface area contributed by atoms with Crippen LogP contribution in [0.1, 0.15) is 31.8 Å². The quantitative estimate of drug-likeness (QED) is 0.625. The third-order valence-corrected chi connectivity index (χ3v) is 5.37. The summed E-state index contributed by atoms with van der Waals surface area (Å²) in [6.45, 7) is 0.390. The molecular formula is C25H22N2O4. The van der Waals surface area contributed by atoms with E-state index in [1.807, 2.05) is 48.5 Å². The van der Waals surface area contributed by atoms with Crippen LogP contribution in [-0.4, -0.2) is 35.8 Å². The van der Waals surface area contributed by atoms with Crippen LogP contribution < -0.4 is 5.32 Å². The van der Waals surface area contributed by atoms with Crippen LogP contribution in [0.25, 0.3) is 0 Å². The predicted molar refractivity (Wildman–Crippen MR) is 117 cm³/mol. The fraction of sp³-hybridized carbons (Fsp3) is 0.160. The Morgan fingerprint density at radius 2 is 1.65 bits per heavy atom. The minimum Gasteiger partial charge on any atom is -0.465 e. The second-order valence-corrected chi connectivity index (χ2v) is 7.35. The van der Waals surface area contributed by atoms with Gasteiger partial charge in [0.05, 0.1) is 12.7 Å². The van der Waals surface area contributed by atoms with Gasteiger partial charge in [0.1, 0.15) is 6.04 Å². The maximum atomic E-state index is 13.3. The highest BCUT2D eigenvalue weighted by Crippen LogP contribution is 2.26. The van der Waals surface area contributed by atoms with Crippen molar-refractivity contribution < 1.29 is 19.1 Å². The number of methoxy groups -OCH3 is 1. The van der Waals surface area contributed by atoms with E-state index in [0.717, 1.165) is 11.1 Å². The number of carbonyl (C=O) groups is 3. The van der Waals surface area contributed by atoms with E-state index in [1.54, 1.807) is 35.2 Å². The fourth-order valence-electron chi connectivity index (χ4n) is 3.74. The Kier molecular flexibility index (Phi) is 5.80. The topological polar surface area (TPSA) is 75.7 Å². The molecule has 1 N–H and O–H groups in total. The molecule has 156 valence electrons. The molecule has 0 aromatic heterocycles. The van der Waals surface area contributed by atoms with Crippen LogP contribution in [-0.2, 0) is 22.5 Å². The van der Waals surface area contributed by atoms with Crippen molar-refractivity contribution in [2.75, 3.05) is 12.4 Å². The van der Waals surface area contributed by atoms with E-state index >= 15 is 0 Å². The maximum absolute atomic E-state index is 13.3. The normalized spacial score (nSPS) is 13.5. The van der Waals surface area contributed by atoms with Gasteiger partial charge in [0, 0.05) is 24.2 Å². The Morgan fingerprint density at radius 3 is 2.32 bits per heavy atom. The molecule has 0 radical (unpaired) electrons. The molecule has 0 unspecified atom stereocenters. The second kappa shape index (κ2) is 8.83. The average molecular weight is 414 g/mol. The first-order chi connectivity index (χ1) is 15.1. The number of benzene rings is 3. The molecule has 1 atom stereocenters. The number of anilines is 1. The summed E-state index contributed by atoms with van der Waals surface area (Å²) in [5.41, 5.74) is 3.45. The van der Waals surface area contributed by atoms with Crippen molar-refractivity contribution in [1.82, 2.24) is 4.90 Å². The SMILES string of the molecule is COC(=O)c1ccc(NC(=O)[C@H](Cc2ccccc2)N2Cc3ccccc3C2=O)cc1. The summed E-state index contributed by atoms with van der Waals surface area (Å²) in [5.74, 6) is -0.871. The van der Waals surface area contributed by atoms with Gasteiger partial charge >= 0.3 is 5.97 Å². The number of hydrogen-bond acceptors (Lipinski definition) is 4. The highest BCUT2D eigenvalue weighted by atomic mass is 16.5. The monoisotopic (exact) mass is 414 g/mol. The van der Waals surface area contributed by atoms with Gasteiger partial charge in [-0.25, -0.2) is 4.79 Å². The number of esters is 1. The standard InChI is InChI=1S/C25H22N2O4/c1-31-25(30)18-11-13-20(14-12-18)26-23(28)22(15-17-7-3-2-4-8-17)27-16-19-9-5-6-10-21(19)24(27)29/h2-14,22H,15-16H2,1H3,(H,26,28)/t22-/m0/s1. The Balaban J connectivity index is 1.58. The molecule has 6 heteroatoms. The summed E-state index contributed by atoms with van der Waals surface area (Å²) in [6, 6.07) is 22.8. The van der Waals surface area contributed by atoms with Crippen molar-refractivity contribution in [1.29, 1.82) is 0 Å². The Bertz CT molecular complexity index is 1110. The molecule has 0 saturated heterocycles. The van der Waals surface area contributed by atoms with Gasteiger partial charge in [-0.1, -0.05) is 48.5 Å². The molecule has 0 spiro atoms. The molecule has 0 saturated carbocycles. The van der Waals surface area contributed by atoms with Gasteiger partial charge in [-0.15, -0.1) is 0 Å². The number of nitrogens with one attached hydrogen (secondary N) is 1. The molecule has 6 nitrogen and oxygen atoms in total. The lowest BCUT2D eigenvalue weighted by molar-refractivity contribution is -0.120. The Morgan fingerprint density at radius 1 is 0.968 bits per heavy atom. The number of ether oxygens (including phenoxy) is 1. The third-order valence-electron chi connectivity index (χ3n) is 5.37. The Labute approximate surface area is 180 Å². The summed E-state index contributed by atoms with van der Waals surface area (Å²) in [6.07, 6.45) is 0.395. The molecule has 4 rings (SSSR count). The zero-order valence-electron chi connectivity index (χ0n) is 17.1. The van der Waals surface area contributed by atoms with E-state index in [2.05, 4.69) is 5.32 Å². The molecule has 1 heterocycles. The van der Waals surface area contributed by atoms with Crippen LogP contribution in [0, 0.1) is 0 Å². The molecule has 2 amide bonds. The lowest BCUT2D eigenvalue weighted by Gasteiger charge is -2.27. The van der Waals surface area contributed by atoms with E-state index in [9.17, 15) is 14.4 Å². The second-order valence-electron chi connectivity index (χ2n) is 7.35. The molecule has 31 heavy (non-hydrogen) atoms. The van der Waals surface area contributed by atoms with Crippen LogP contribution in [0.2, 0.25) is 0 Å². The number of nitrogens with zero attached hydrogens (tertiary/aromatic N) is 1. The van der Waals surface area contributed by atoms with Crippen molar-refractivity contribution in [3.63, 3.8) is 0 Å². The molecule has 0 aliphatic carbocycles. The van der Waals surface area contributed by atoms with E-state index < -0.39 is 12.0 Å². The van der Waals surface area contributed by atoms with Gasteiger partial charge < -0.3 is 15.0 Å². The number of fused-ring (bicyclic) bond motifs is 1. The Hall–Kier alpha value is -3.93. The van der Waals surface area contributed by atoms with Gasteiger partial charge in [-0.05, 0) is 41.5 Å². The first kappa shape index (κ1) is 20.3. The van der Waals surface area contributed by atoms with E-state index in [4.69, 9.17) is 4.74 Å². The first-order valence-corrected chi connectivity index (χ1v) is 9.99. The fourth-order valence-corrected chi connectivity index (χ4v) is 3.74. The largest absolute Gasteiger partial charge is 0.465 e. The molecule has 0 bridgehead atoms. The van der Waals surface area contributed by atoms with Crippen LogP contribution in [0.5, 0.6) is 0 Å². The van der Waals surface area contributed by atoms with Crippen molar-refractivity contribution in [3.05, 3.63) is 101 Å². The van der Waals surface area contributed by atoms with Gasteiger partial charge in [-0.3, -0.25) is 9.59 Å². The van der Waals surface area contributed by atoms with Gasteiger partial charge in [0.25, 0.3) is 5.91 Å². The van der Waals surface area contributed by atoms with Crippen molar-refractivity contribution >= 4 is 23.5 Å². The number of amides is 2. The molecule has 0 fully saturated rings. The third kappa shape index (κ3) is 4.33. The van der Waals surface area contributed by atoms with E-state index in [0.29, 0.717) is 29.8 Å².